The number of H-pyrrole nitrogens is 1. The third kappa shape index (κ3) is 3.70. The summed E-state index contributed by atoms with van der Waals surface area (Å²) in [6.07, 6.45) is 0.800. The number of likely N-dealkylation sites (N-methyl/N-ethyl adjacent to an activating group) is 1. The molecule has 10 nitrogen and oxygen atoms in total. The molecule has 2 aromatic carbocycles. The number of carbonyl (C=O) groups is 2. The highest BCUT2D eigenvalue weighted by Gasteiger charge is 2.69. The Bertz CT molecular complexity index is 1680. The van der Waals surface area contributed by atoms with Gasteiger partial charge in [-0.3, -0.25) is 24.5 Å². The lowest BCUT2D eigenvalue weighted by molar-refractivity contribution is -0.384. The number of fused-ring (bicyclic) bond motifs is 9. The first kappa shape index (κ1) is 26.2. The number of hydrogen-bond acceptors (Lipinski definition) is 9. The summed E-state index contributed by atoms with van der Waals surface area (Å²) >= 11 is 2.90. The van der Waals surface area contributed by atoms with E-state index in [0.717, 1.165) is 35.0 Å². The number of nitro benzene ring substituents is 1. The van der Waals surface area contributed by atoms with E-state index in [9.17, 15) is 24.5 Å². The van der Waals surface area contributed by atoms with Crippen molar-refractivity contribution in [3.63, 3.8) is 0 Å². The number of nitrogens with one attached hydrogen (secondary N) is 1. The number of rotatable bonds is 4. The average molecular weight is 604 g/mol. The van der Waals surface area contributed by atoms with Crippen LogP contribution in [0.1, 0.15) is 22.8 Å². The van der Waals surface area contributed by atoms with Gasteiger partial charge in [0.25, 0.3) is 5.69 Å². The van der Waals surface area contributed by atoms with Crippen LogP contribution in [0.25, 0.3) is 0 Å². The number of thiazole rings is 1. The Hall–Kier alpha value is -3.48. The van der Waals surface area contributed by atoms with E-state index in [1.54, 1.807) is 23.9 Å². The number of nitrogens with zero attached hydrogens (tertiary/aromatic N) is 4. The van der Waals surface area contributed by atoms with E-state index >= 15 is 0 Å². The van der Waals surface area contributed by atoms with Crippen LogP contribution in [0.3, 0.4) is 0 Å². The molecule has 2 saturated carbocycles. The summed E-state index contributed by atoms with van der Waals surface area (Å²) in [5.74, 6) is -1.31. The van der Waals surface area contributed by atoms with E-state index in [-0.39, 0.29) is 57.0 Å². The van der Waals surface area contributed by atoms with Crippen molar-refractivity contribution >= 4 is 52.0 Å². The minimum atomic E-state index is -0.454. The lowest BCUT2D eigenvalue weighted by Crippen LogP contribution is -2.44. The Labute approximate surface area is 249 Å². The molecule has 5 aliphatic rings. The molecule has 0 spiro atoms. The van der Waals surface area contributed by atoms with Gasteiger partial charge in [0.05, 0.1) is 27.5 Å². The summed E-state index contributed by atoms with van der Waals surface area (Å²) in [7, 11) is 2.03. The predicted molar refractivity (Wildman–Crippen MR) is 160 cm³/mol. The fraction of sp³-hybridized carbons (Fsp3) is 0.433. The van der Waals surface area contributed by atoms with Crippen molar-refractivity contribution in [1.29, 1.82) is 0 Å². The number of carbonyl (C=O) groups excluding carboxylic acids is 2. The number of hydrogen-bond donors (Lipinski definition) is 1. The van der Waals surface area contributed by atoms with E-state index in [1.165, 1.54) is 22.3 Å². The number of nitro groups is 1. The van der Waals surface area contributed by atoms with Gasteiger partial charge in [0, 0.05) is 48.3 Å². The Morgan fingerprint density at radius 1 is 0.952 bits per heavy atom. The highest BCUT2D eigenvalue weighted by Crippen LogP contribution is 2.68. The van der Waals surface area contributed by atoms with Crippen molar-refractivity contribution in [1.82, 2.24) is 9.88 Å². The van der Waals surface area contributed by atoms with Crippen molar-refractivity contribution < 1.29 is 14.5 Å². The van der Waals surface area contributed by atoms with Gasteiger partial charge in [-0.05, 0) is 48.9 Å². The molecule has 2 amide bonds. The molecule has 3 aliphatic heterocycles. The zero-order chi connectivity index (χ0) is 28.9. The minimum absolute atomic E-state index is 0.00110. The Kier molecular flexibility index (Phi) is 5.93. The maximum absolute atomic E-state index is 14.1. The van der Waals surface area contributed by atoms with Crippen LogP contribution in [0.5, 0.6) is 0 Å². The quantitative estimate of drug-likeness (QED) is 0.272. The first-order chi connectivity index (χ1) is 20.3. The van der Waals surface area contributed by atoms with Gasteiger partial charge in [-0.25, -0.2) is 4.90 Å². The minimum Gasteiger partial charge on any atom is -0.363 e. The zero-order valence-corrected chi connectivity index (χ0v) is 24.5. The fourth-order valence-electron chi connectivity index (χ4n) is 8.42. The van der Waals surface area contributed by atoms with Crippen LogP contribution in [0.15, 0.2) is 58.4 Å². The second-order valence-electron chi connectivity index (χ2n) is 12.1. The number of piperazine rings is 1. The molecule has 4 fully saturated rings. The summed E-state index contributed by atoms with van der Waals surface area (Å²) in [6, 6.07) is 14.9. The first-order valence-corrected chi connectivity index (χ1v) is 16.1. The average Bonchev–Trinajstić information content (AvgIpc) is 3.72. The van der Waals surface area contributed by atoms with Gasteiger partial charge in [-0.2, -0.15) is 0 Å². The van der Waals surface area contributed by atoms with Crippen LogP contribution in [-0.4, -0.2) is 65.1 Å². The Morgan fingerprint density at radius 2 is 1.67 bits per heavy atom. The predicted octanol–water partition coefficient (Wildman–Crippen LogP) is 3.77. The van der Waals surface area contributed by atoms with E-state index in [0.29, 0.717) is 18.8 Å². The molecule has 7 atom stereocenters. The number of aromatic nitrogens is 1. The van der Waals surface area contributed by atoms with Gasteiger partial charge in [0.15, 0.2) is 0 Å². The van der Waals surface area contributed by atoms with Crippen molar-refractivity contribution in [2.75, 3.05) is 43.0 Å². The number of thioether (sulfide) groups is 1. The van der Waals surface area contributed by atoms with E-state index < -0.39 is 16.8 Å². The summed E-state index contributed by atoms with van der Waals surface area (Å²) < 4.78 is 0. The van der Waals surface area contributed by atoms with Gasteiger partial charge < -0.3 is 14.8 Å². The molecule has 42 heavy (non-hydrogen) atoms. The highest BCUT2D eigenvalue weighted by molar-refractivity contribution is 8.00. The van der Waals surface area contributed by atoms with Gasteiger partial charge in [-0.15, -0.1) is 11.8 Å². The number of anilines is 2. The topological polar surface area (TPSA) is 120 Å². The molecule has 0 unspecified atom stereocenters. The van der Waals surface area contributed by atoms with E-state index in [4.69, 9.17) is 0 Å². The largest absolute Gasteiger partial charge is 0.363 e. The van der Waals surface area contributed by atoms with Gasteiger partial charge in [-0.1, -0.05) is 41.7 Å². The Morgan fingerprint density at radius 3 is 2.38 bits per heavy atom. The molecule has 4 heterocycles. The first-order valence-electron chi connectivity index (χ1n) is 14.4. The standard InChI is InChI=1S/C30H29N5O5S2/c1-32-9-11-33(12-10-32)19-8-7-16(13-20(19)35(39)40)34-28(36)23-17-14-18(24(23)29(34)37)25-22(17)21(15-5-3-2-4-6-15)26-27(41-25)31-30(38)42-26/h2-8,13,17-18,21-25H,9-12,14H2,1H3,(H,31,38)/t17-,18-,21-,22-,23+,24-,25-/m0/s1. The van der Waals surface area contributed by atoms with E-state index in [1.807, 2.05) is 30.1 Å². The fourth-order valence-corrected chi connectivity index (χ4v) is 11.3. The molecule has 8 rings (SSSR count). The third-order valence-electron chi connectivity index (χ3n) is 10.1. The molecular weight excluding hydrogens is 574 g/mol. The summed E-state index contributed by atoms with van der Waals surface area (Å²) in [5.41, 5.74) is 1.84. The van der Waals surface area contributed by atoms with Crippen LogP contribution in [0.2, 0.25) is 0 Å². The van der Waals surface area contributed by atoms with Gasteiger partial charge in [0.2, 0.25) is 11.8 Å². The normalized spacial score (nSPS) is 31.8. The van der Waals surface area contributed by atoms with Crippen LogP contribution in [-0.2, 0) is 9.59 Å². The van der Waals surface area contributed by atoms with E-state index in [2.05, 4.69) is 22.0 Å². The summed E-state index contributed by atoms with van der Waals surface area (Å²) in [6.45, 7) is 2.95. The van der Waals surface area contributed by atoms with Crippen LogP contribution in [0, 0.1) is 39.7 Å². The summed E-state index contributed by atoms with van der Waals surface area (Å²) in [5, 5.41) is 13.2. The molecule has 1 aromatic heterocycles. The molecule has 12 heteroatoms. The SMILES string of the molecule is CN1CCN(c2ccc(N3C(=O)[C@@H]4[C@H]5C[C@H]([C@@H]6Sc7[nH]c(=O)sc7[C@@H](c7ccccc7)[C@H]56)[C@@H]4C3=O)cc2[N+](=O)[O-])CC1. The van der Waals surface area contributed by atoms with Crippen LogP contribution < -0.4 is 14.7 Å². The van der Waals surface area contributed by atoms with Gasteiger partial charge in [0.1, 0.15) is 5.69 Å². The second-order valence-corrected chi connectivity index (χ2v) is 14.3. The maximum Gasteiger partial charge on any atom is 0.305 e. The molecule has 2 aliphatic carbocycles. The zero-order valence-electron chi connectivity index (χ0n) is 22.8. The maximum atomic E-state index is 14.1. The second kappa shape index (κ2) is 9.51. The lowest BCUT2D eigenvalue weighted by atomic mass is 9.68. The molecular formula is C30H29N5O5S2. The molecule has 3 aromatic rings. The number of benzene rings is 2. The molecule has 216 valence electrons. The van der Waals surface area contributed by atoms with Crippen LogP contribution >= 0.6 is 23.1 Å². The van der Waals surface area contributed by atoms with Gasteiger partial charge >= 0.3 is 4.87 Å². The number of aromatic amines is 1. The summed E-state index contributed by atoms with van der Waals surface area (Å²) in [4.78, 5) is 61.7. The molecule has 1 N–H and O–H groups in total. The van der Waals surface area contributed by atoms with Crippen LogP contribution in [0.4, 0.5) is 17.1 Å². The van der Waals surface area contributed by atoms with Crippen molar-refractivity contribution in [3.8, 4) is 0 Å². The smallest absolute Gasteiger partial charge is 0.305 e. The molecule has 2 bridgehead atoms. The van der Waals surface area contributed by atoms with Crippen molar-refractivity contribution in [3.05, 3.63) is 78.8 Å². The van der Waals surface area contributed by atoms with Crippen molar-refractivity contribution in [2.45, 2.75) is 22.6 Å². The number of amides is 2. The lowest BCUT2D eigenvalue weighted by Gasteiger charge is -2.43. The monoisotopic (exact) mass is 603 g/mol. The third-order valence-corrected chi connectivity index (χ3v) is 12.7. The highest BCUT2D eigenvalue weighted by atomic mass is 32.2. The van der Waals surface area contributed by atoms with Crippen molar-refractivity contribution in [2.24, 2.45) is 29.6 Å². The Balaban J connectivity index is 1.15. The molecule has 0 radical (unpaired) electrons. The molecule has 2 saturated heterocycles. The number of imide groups is 1.